The number of nitrogens with zero attached hydrogens (tertiary/aromatic N) is 3. The molecule has 0 spiro atoms. The summed E-state index contributed by atoms with van der Waals surface area (Å²) in [5, 5.41) is 10.8. The lowest BCUT2D eigenvalue weighted by atomic mass is 10.1. The number of nitrogens with two attached hydrogens (primary N) is 1. The standard InChI is InChI=1S/C14H20N4O5S/c1-16(10-14(19)17-7-5-11(15)6-8-17)24(22,23)13-4-2-3-12(9-13)18(20)21/h2-4,9,11H,5-8,10,15H2,1H3. The van der Waals surface area contributed by atoms with Crippen LogP contribution in [-0.4, -0.2) is 61.2 Å². The zero-order chi connectivity index (χ0) is 17.9. The number of non-ortho nitro benzene ring substituents is 1. The summed E-state index contributed by atoms with van der Waals surface area (Å²) in [5.41, 5.74) is 5.46. The van der Waals surface area contributed by atoms with Crippen LogP contribution in [0.4, 0.5) is 5.69 Å². The molecule has 1 fully saturated rings. The largest absolute Gasteiger partial charge is 0.341 e. The molecule has 132 valence electrons. The van der Waals surface area contributed by atoms with Crippen molar-refractivity contribution in [2.75, 3.05) is 26.7 Å². The fourth-order valence-corrected chi connectivity index (χ4v) is 3.62. The quantitative estimate of drug-likeness (QED) is 0.591. The maximum Gasteiger partial charge on any atom is 0.270 e. The smallest absolute Gasteiger partial charge is 0.270 e. The van der Waals surface area contributed by atoms with E-state index >= 15 is 0 Å². The van der Waals surface area contributed by atoms with E-state index in [1.807, 2.05) is 0 Å². The van der Waals surface area contributed by atoms with Crippen LogP contribution in [0, 0.1) is 10.1 Å². The van der Waals surface area contributed by atoms with E-state index in [1.165, 1.54) is 25.2 Å². The Morgan fingerprint density at radius 3 is 2.62 bits per heavy atom. The van der Waals surface area contributed by atoms with Crippen LogP contribution in [0.15, 0.2) is 29.2 Å². The summed E-state index contributed by atoms with van der Waals surface area (Å²) in [4.78, 5) is 23.7. The van der Waals surface area contributed by atoms with E-state index < -0.39 is 14.9 Å². The number of carbonyl (C=O) groups is 1. The first-order chi connectivity index (χ1) is 11.2. The molecule has 2 N–H and O–H groups in total. The van der Waals surface area contributed by atoms with Crippen molar-refractivity contribution in [2.24, 2.45) is 5.73 Å². The van der Waals surface area contributed by atoms with Gasteiger partial charge in [0.15, 0.2) is 0 Å². The predicted molar refractivity (Wildman–Crippen MR) is 86.7 cm³/mol. The lowest BCUT2D eigenvalue weighted by Crippen LogP contribution is -2.47. The molecule has 1 saturated heterocycles. The maximum absolute atomic E-state index is 12.5. The molecule has 1 aliphatic rings. The zero-order valence-corrected chi connectivity index (χ0v) is 14.1. The molecule has 24 heavy (non-hydrogen) atoms. The number of hydrogen-bond acceptors (Lipinski definition) is 6. The van der Waals surface area contributed by atoms with Crippen molar-refractivity contribution < 1.29 is 18.1 Å². The first kappa shape index (κ1) is 18.3. The minimum Gasteiger partial charge on any atom is -0.341 e. The third-order valence-corrected chi connectivity index (χ3v) is 5.79. The predicted octanol–water partition coefficient (Wildman–Crippen LogP) is 0.165. The van der Waals surface area contributed by atoms with E-state index in [-0.39, 0.29) is 29.1 Å². The molecule has 1 aromatic carbocycles. The van der Waals surface area contributed by atoms with Crippen LogP contribution in [0.5, 0.6) is 0 Å². The van der Waals surface area contributed by atoms with Gasteiger partial charge in [0, 0.05) is 38.3 Å². The summed E-state index contributed by atoms with van der Waals surface area (Å²) in [6.45, 7) is 0.690. The van der Waals surface area contributed by atoms with Crippen LogP contribution in [0.25, 0.3) is 0 Å². The lowest BCUT2D eigenvalue weighted by molar-refractivity contribution is -0.385. The molecule has 9 nitrogen and oxygen atoms in total. The fraction of sp³-hybridized carbons (Fsp3) is 0.500. The van der Waals surface area contributed by atoms with Crippen LogP contribution in [-0.2, 0) is 14.8 Å². The van der Waals surface area contributed by atoms with Crippen LogP contribution >= 0.6 is 0 Å². The number of piperidine rings is 1. The number of hydrogen-bond donors (Lipinski definition) is 1. The Bertz CT molecular complexity index is 728. The average Bonchev–Trinajstić information content (AvgIpc) is 2.55. The average molecular weight is 356 g/mol. The third kappa shape index (κ3) is 4.08. The van der Waals surface area contributed by atoms with Crippen molar-refractivity contribution in [1.29, 1.82) is 0 Å². The number of nitro groups is 1. The Balaban J connectivity index is 2.10. The highest BCUT2D eigenvalue weighted by Gasteiger charge is 2.27. The van der Waals surface area contributed by atoms with E-state index in [2.05, 4.69) is 0 Å². The monoisotopic (exact) mass is 356 g/mol. The lowest BCUT2D eigenvalue weighted by Gasteiger charge is -2.31. The minimum atomic E-state index is -3.98. The first-order valence-electron chi connectivity index (χ1n) is 7.46. The van der Waals surface area contributed by atoms with Crippen molar-refractivity contribution >= 4 is 21.6 Å². The second-order valence-electron chi connectivity index (χ2n) is 5.73. The zero-order valence-electron chi connectivity index (χ0n) is 13.3. The van der Waals surface area contributed by atoms with E-state index in [0.717, 1.165) is 10.4 Å². The molecule has 0 saturated carbocycles. The van der Waals surface area contributed by atoms with Gasteiger partial charge >= 0.3 is 0 Å². The SMILES string of the molecule is CN(CC(=O)N1CCC(N)CC1)S(=O)(=O)c1cccc([N+](=O)[O-])c1. The van der Waals surface area contributed by atoms with Crippen molar-refractivity contribution in [2.45, 2.75) is 23.8 Å². The Morgan fingerprint density at radius 1 is 1.42 bits per heavy atom. The second-order valence-corrected chi connectivity index (χ2v) is 7.78. The molecule has 1 amide bonds. The van der Waals surface area contributed by atoms with Gasteiger partial charge in [0.05, 0.1) is 16.4 Å². The van der Waals surface area contributed by atoms with Gasteiger partial charge in [0.1, 0.15) is 0 Å². The molecule has 0 radical (unpaired) electrons. The number of likely N-dealkylation sites (N-methyl/N-ethyl adjacent to an activating group) is 1. The van der Waals surface area contributed by atoms with Crippen LogP contribution in [0.3, 0.4) is 0 Å². The molecular formula is C14H20N4O5S. The molecule has 2 rings (SSSR count). The summed E-state index contributed by atoms with van der Waals surface area (Å²) >= 11 is 0. The summed E-state index contributed by atoms with van der Waals surface area (Å²) in [6.07, 6.45) is 1.38. The number of benzene rings is 1. The van der Waals surface area contributed by atoms with Crippen molar-refractivity contribution in [3.63, 3.8) is 0 Å². The van der Waals surface area contributed by atoms with Crippen LogP contribution < -0.4 is 5.73 Å². The topological polar surface area (TPSA) is 127 Å². The van der Waals surface area contributed by atoms with Gasteiger partial charge in [-0.3, -0.25) is 14.9 Å². The minimum absolute atomic E-state index is 0.0698. The Morgan fingerprint density at radius 2 is 2.04 bits per heavy atom. The van der Waals surface area contributed by atoms with E-state index in [0.29, 0.717) is 25.9 Å². The van der Waals surface area contributed by atoms with Gasteiger partial charge < -0.3 is 10.6 Å². The molecule has 1 aliphatic heterocycles. The molecule has 10 heteroatoms. The number of carbonyl (C=O) groups excluding carboxylic acids is 1. The maximum atomic E-state index is 12.5. The van der Waals surface area contributed by atoms with Crippen molar-refractivity contribution in [3.8, 4) is 0 Å². The van der Waals surface area contributed by atoms with Crippen LogP contribution in [0.2, 0.25) is 0 Å². The Kier molecular flexibility index (Phi) is 5.52. The molecule has 0 atom stereocenters. The fourth-order valence-electron chi connectivity index (χ4n) is 2.46. The molecule has 0 aliphatic carbocycles. The molecule has 0 unspecified atom stereocenters. The van der Waals surface area contributed by atoms with E-state index in [1.54, 1.807) is 4.90 Å². The highest BCUT2D eigenvalue weighted by Crippen LogP contribution is 2.20. The molecule has 1 heterocycles. The highest BCUT2D eigenvalue weighted by atomic mass is 32.2. The third-order valence-electron chi connectivity index (χ3n) is 3.99. The van der Waals surface area contributed by atoms with Gasteiger partial charge in [0.2, 0.25) is 15.9 Å². The Labute approximate surface area is 140 Å². The van der Waals surface area contributed by atoms with Crippen LogP contribution in [0.1, 0.15) is 12.8 Å². The molecule has 0 aromatic heterocycles. The summed E-state index contributed by atoms with van der Waals surface area (Å²) in [7, 11) is -2.70. The van der Waals surface area contributed by atoms with Crippen molar-refractivity contribution in [3.05, 3.63) is 34.4 Å². The molecule has 1 aromatic rings. The number of nitro benzene ring substituents is 1. The Hall–Kier alpha value is -2.04. The first-order valence-corrected chi connectivity index (χ1v) is 8.90. The van der Waals surface area contributed by atoms with Gasteiger partial charge in [-0.15, -0.1) is 0 Å². The van der Waals surface area contributed by atoms with Gasteiger partial charge in [-0.05, 0) is 18.9 Å². The normalized spacial score (nSPS) is 16.4. The van der Waals surface area contributed by atoms with Gasteiger partial charge in [-0.1, -0.05) is 6.07 Å². The summed E-state index contributed by atoms with van der Waals surface area (Å²) < 4.78 is 25.9. The number of sulfonamides is 1. The van der Waals surface area contributed by atoms with Gasteiger partial charge in [-0.2, -0.15) is 4.31 Å². The number of rotatable bonds is 5. The van der Waals surface area contributed by atoms with E-state index in [4.69, 9.17) is 5.73 Å². The number of amides is 1. The summed E-state index contributed by atoms with van der Waals surface area (Å²) in [5.74, 6) is -0.307. The second kappa shape index (κ2) is 7.24. The molecule has 0 bridgehead atoms. The highest BCUT2D eigenvalue weighted by molar-refractivity contribution is 7.89. The van der Waals surface area contributed by atoms with Crippen molar-refractivity contribution in [1.82, 2.24) is 9.21 Å². The van der Waals surface area contributed by atoms with Gasteiger partial charge in [0.25, 0.3) is 5.69 Å². The number of likely N-dealkylation sites (tertiary alicyclic amines) is 1. The van der Waals surface area contributed by atoms with E-state index in [9.17, 15) is 23.3 Å². The summed E-state index contributed by atoms with van der Waals surface area (Å²) in [6, 6.07) is 4.83. The van der Waals surface area contributed by atoms with Gasteiger partial charge in [-0.25, -0.2) is 8.42 Å². The molecular weight excluding hydrogens is 336 g/mol.